The number of carbonyl (C=O) groups is 1. The van der Waals surface area contributed by atoms with Gasteiger partial charge in [0.1, 0.15) is 11.3 Å². The molecule has 1 aromatic heterocycles. The summed E-state index contributed by atoms with van der Waals surface area (Å²) in [5, 5.41) is 13.4. The summed E-state index contributed by atoms with van der Waals surface area (Å²) in [5.74, 6) is 0.710. The number of amides is 1. The van der Waals surface area contributed by atoms with Crippen LogP contribution in [-0.4, -0.2) is 70.0 Å². The number of hydrogen-bond donors (Lipinski definition) is 2. The van der Waals surface area contributed by atoms with Gasteiger partial charge in [-0.2, -0.15) is 4.31 Å². The normalized spacial score (nSPS) is 19.3. The molecule has 2 aromatic carbocycles. The molecule has 2 N–H and O–H groups in total. The van der Waals surface area contributed by atoms with Crippen molar-refractivity contribution in [1.29, 1.82) is 0 Å². The summed E-state index contributed by atoms with van der Waals surface area (Å²) in [6.07, 6.45) is 5.33. The lowest BCUT2D eigenvalue weighted by molar-refractivity contribution is -0.146. The van der Waals surface area contributed by atoms with Gasteiger partial charge in [-0.3, -0.25) is 4.79 Å². The Kier molecular flexibility index (Phi) is 8.75. The number of aliphatic hydroxyl groups is 1. The zero-order valence-electron chi connectivity index (χ0n) is 22.3. The molecule has 1 fully saturated rings. The molecule has 0 saturated heterocycles. The van der Waals surface area contributed by atoms with Crippen molar-refractivity contribution in [3.05, 3.63) is 72.2 Å². The molecule has 1 saturated carbocycles. The highest BCUT2D eigenvalue weighted by Gasteiger charge is 2.32. The third-order valence-electron chi connectivity index (χ3n) is 7.13. The van der Waals surface area contributed by atoms with Crippen LogP contribution < -0.4 is 10.1 Å². The van der Waals surface area contributed by atoms with Crippen LogP contribution in [0.15, 0.2) is 75.9 Å². The fourth-order valence-corrected chi connectivity index (χ4v) is 6.13. The number of hydrogen-bond acceptors (Lipinski definition) is 8. The van der Waals surface area contributed by atoms with Crippen molar-refractivity contribution < 1.29 is 36.9 Å². The predicted molar refractivity (Wildman–Crippen MR) is 147 cm³/mol. The fourth-order valence-electron chi connectivity index (χ4n) is 4.71. The van der Waals surface area contributed by atoms with Crippen LogP contribution in [0, 0.1) is 5.92 Å². The van der Waals surface area contributed by atoms with Crippen molar-refractivity contribution in [2.24, 2.45) is 5.92 Å². The Labute approximate surface area is 233 Å². The van der Waals surface area contributed by atoms with Gasteiger partial charge in [0, 0.05) is 42.9 Å². The smallest absolute Gasteiger partial charge is 0.286 e. The number of methoxy groups -OCH3 is 1. The van der Waals surface area contributed by atoms with Crippen molar-refractivity contribution >= 4 is 26.9 Å². The second-order valence-electron chi connectivity index (χ2n) is 9.94. The van der Waals surface area contributed by atoms with E-state index >= 15 is 0 Å². The molecular weight excluding hydrogens is 536 g/mol. The minimum absolute atomic E-state index is 0.00409. The molecule has 0 radical (unpaired) electrons. The Morgan fingerprint density at radius 1 is 1.12 bits per heavy atom. The molecule has 0 bridgehead atoms. The molecular formula is C29H34N2O8S. The van der Waals surface area contributed by atoms with E-state index in [1.807, 2.05) is 24.3 Å². The number of carbonyl (C=O) groups excluding carboxylic acids is 1. The third kappa shape index (κ3) is 6.49. The van der Waals surface area contributed by atoms with Gasteiger partial charge in [0.2, 0.25) is 16.3 Å². The monoisotopic (exact) mass is 570 g/mol. The number of para-hydroxylation sites is 1. The maximum atomic E-state index is 13.2. The van der Waals surface area contributed by atoms with Crippen molar-refractivity contribution in [2.75, 3.05) is 40.0 Å². The first-order valence-electron chi connectivity index (χ1n) is 13.4. The number of nitrogens with one attached hydrogen (secondary N) is 1. The number of allylic oxidation sites excluding steroid dienone is 1. The van der Waals surface area contributed by atoms with Crippen LogP contribution in [0.3, 0.4) is 0 Å². The largest absolute Gasteiger partial charge is 0.497 e. The summed E-state index contributed by atoms with van der Waals surface area (Å²) in [4.78, 5) is 13.0. The molecule has 5 rings (SSSR count). The Morgan fingerprint density at radius 2 is 1.90 bits per heavy atom. The van der Waals surface area contributed by atoms with Crippen LogP contribution in [0.1, 0.15) is 30.7 Å². The van der Waals surface area contributed by atoms with Gasteiger partial charge in [-0.15, -0.1) is 0 Å². The molecule has 1 aliphatic heterocycles. The molecule has 40 heavy (non-hydrogen) atoms. The van der Waals surface area contributed by atoms with E-state index in [1.165, 1.54) is 19.2 Å². The minimum atomic E-state index is -3.89. The molecule has 1 aliphatic carbocycles. The lowest BCUT2D eigenvalue weighted by Gasteiger charge is -2.30. The Hall–Kier alpha value is -3.38. The number of furan rings is 1. The number of nitrogens with zero attached hydrogens (tertiary/aromatic N) is 1. The average molecular weight is 571 g/mol. The first-order chi connectivity index (χ1) is 19.4. The molecule has 2 aliphatic rings. The van der Waals surface area contributed by atoms with Gasteiger partial charge in [0.05, 0.1) is 31.5 Å². The van der Waals surface area contributed by atoms with Crippen molar-refractivity contribution in [2.45, 2.75) is 36.4 Å². The molecule has 0 spiro atoms. The second kappa shape index (κ2) is 12.4. The van der Waals surface area contributed by atoms with Crippen LogP contribution in [0.25, 0.3) is 11.0 Å². The zero-order valence-corrected chi connectivity index (χ0v) is 23.1. The molecule has 1 amide bonds. The van der Waals surface area contributed by atoms with Gasteiger partial charge in [0.15, 0.2) is 5.76 Å². The number of benzene rings is 2. The van der Waals surface area contributed by atoms with Gasteiger partial charge in [-0.1, -0.05) is 18.2 Å². The van der Waals surface area contributed by atoms with E-state index in [1.54, 1.807) is 24.5 Å². The summed E-state index contributed by atoms with van der Waals surface area (Å²) in [7, 11) is -2.38. The molecule has 0 unspecified atom stereocenters. The van der Waals surface area contributed by atoms with E-state index in [4.69, 9.17) is 18.6 Å². The molecule has 2 atom stereocenters. The number of fused-ring (bicyclic) bond motifs is 1. The van der Waals surface area contributed by atoms with Gasteiger partial charge in [-0.25, -0.2) is 8.42 Å². The van der Waals surface area contributed by atoms with Crippen LogP contribution in [0.2, 0.25) is 0 Å². The van der Waals surface area contributed by atoms with E-state index in [-0.39, 0.29) is 48.8 Å². The maximum absolute atomic E-state index is 13.2. The summed E-state index contributed by atoms with van der Waals surface area (Å²) < 4.78 is 50.4. The van der Waals surface area contributed by atoms with Crippen LogP contribution in [0.5, 0.6) is 5.75 Å². The Bertz CT molecular complexity index is 1450. The van der Waals surface area contributed by atoms with E-state index in [0.29, 0.717) is 24.6 Å². The molecule has 214 valence electrons. The second-order valence-corrected chi connectivity index (χ2v) is 11.9. The van der Waals surface area contributed by atoms with E-state index in [9.17, 15) is 18.3 Å². The Morgan fingerprint density at radius 3 is 2.62 bits per heavy atom. The van der Waals surface area contributed by atoms with Gasteiger partial charge < -0.3 is 29.1 Å². The molecule has 2 heterocycles. The first kappa shape index (κ1) is 28.2. The Balaban J connectivity index is 1.29. The zero-order chi connectivity index (χ0) is 28.1. The maximum Gasteiger partial charge on any atom is 0.286 e. The topological polar surface area (TPSA) is 128 Å². The quantitative estimate of drug-likeness (QED) is 0.320. The molecule has 3 aromatic rings. The lowest BCUT2D eigenvalue weighted by atomic mass is 9.92. The van der Waals surface area contributed by atoms with Crippen LogP contribution >= 0.6 is 0 Å². The van der Waals surface area contributed by atoms with E-state index in [0.717, 1.165) is 33.7 Å². The van der Waals surface area contributed by atoms with E-state index < -0.39 is 16.3 Å². The summed E-state index contributed by atoms with van der Waals surface area (Å²) in [6, 6.07) is 13.7. The highest BCUT2D eigenvalue weighted by molar-refractivity contribution is 7.89. The summed E-state index contributed by atoms with van der Waals surface area (Å²) in [6.45, 7) is 0.140. The highest BCUT2D eigenvalue weighted by Crippen LogP contribution is 2.36. The number of ether oxygens (including phenoxy) is 3. The van der Waals surface area contributed by atoms with Crippen LogP contribution in [-0.2, 0) is 24.3 Å². The van der Waals surface area contributed by atoms with Crippen LogP contribution in [0.4, 0.5) is 0 Å². The van der Waals surface area contributed by atoms with Gasteiger partial charge in [-0.05, 0) is 55.2 Å². The standard InChI is InChI=1S/C29H34N2O8S/c1-36-22-8-10-23(11-9-22)40(34,35)31(12-14-32)13-15-37-28-17-21(25-19-38-26-5-3-2-4-24(25)26)16-27(39-28)29(33)30-18-20-6-7-20/h2-5,8-11,16,19-21,28,32H,6-7,12-15,17-18H2,1H3,(H,30,33)/t21-,28+/m0/s1. The van der Waals surface area contributed by atoms with E-state index in [2.05, 4.69) is 5.32 Å². The fraction of sp³-hybridized carbons (Fsp3) is 0.414. The number of rotatable bonds is 13. The van der Waals surface area contributed by atoms with Crippen molar-refractivity contribution in [3.63, 3.8) is 0 Å². The minimum Gasteiger partial charge on any atom is -0.497 e. The SMILES string of the molecule is COc1ccc(S(=O)(=O)N(CCO)CCO[C@H]2C[C@@H](c3coc4ccccc34)C=C(C(=O)NCC3CC3)O2)cc1. The average Bonchev–Trinajstić information content (AvgIpc) is 3.71. The predicted octanol–water partition coefficient (Wildman–Crippen LogP) is 3.38. The first-order valence-corrected chi connectivity index (χ1v) is 14.8. The molecule has 11 heteroatoms. The van der Waals surface area contributed by atoms with Crippen molar-refractivity contribution in [3.8, 4) is 5.75 Å². The summed E-state index contributed by atoms with van der Waals surface area (Å²) >= 11 is 0. The summed E-state index contributed by atoms with van der Waals surface area (Å²) in [5.41, 5.74) is 1.67. The van der Waals surface area contributed by atoms with Crippen molar-refractivity contribution in [1.82, 2.24) is 9.62 Å². The lowest BCUT2D eigenvalue weighted by Crippen LogP contribution is -2.38. The third-order valence-corrected chi connectivity index (χ3v) is 9.04. The van der Waals surface area contributed by atoms with Gasteiger partial charge in [0.25, 0.3) is 5.91 Å². The number of sulfonamides is 1. The molecule has 10 nitrogen and oxygen atoms in total. The highest BCUT2D eigenvalue weighted by atomic mass is 32.2. The number of aliphatic hydroxyl groups excluding tert-OH is 1. The van der Waals surface area contributed by atoms with Gasteiger partial charge >= 0.3 is 0 Å².